The molecule has 1 N–H and O–H groups in total. The molecule has 0 aliphatic carbocycles. The average Bonchev–Trinajstić information content (AvgIpc) is 2.39. The minimum absolute atomic E-state index is 0.207. The van der Waals surface area contributed by atoms with Crippen LogP contribution in [0.4, 0.5) is 0 Å². The number of hydrogen-bond acceptors (Lipinski definition) is 3. The van der Waals surface area contributed by atoms with Crippen molar-refractivity contribution in [3.63, 3.8) is 0 Å². The molecule has 1 unspecified atom stereocenters. The van der Waals surface area contributed by atoms with Gasteiger partial charge in [-0.1, -0.05) is 26.8 Å². The molecule has 0 aliphatic heterocycles. The first kappa shape index (κ1) is 15.8. The highest BCUT2D eigenvalue weighted by Gasteiger charge is 2.09. The average molecular weight is 265 g/mol. The zero-order valence-electron chi connectivity index (χ0n) is 12.8. The molecule has 0 aliphatic rings. The molecule has 0 aromatic heterocycles. The van der Waals surface area contributed by atoms with Crippen molar-refractivity contribution in [3.8, 4) is 11.5 Å². The highest BCUT2D eigenvalue weighted by atomic mass is 16.5. The van der Waals surface area contributed by atoms with Gasteiger partial charge in [0.05, 0.1) is 12.7 Å². The van der Waals surface area contributed by atoms with Gasteiger partial charge in [0.1, 0.15) is 0 Å². The van der Waals surface area contributed by atoms with Gasteiger partial charge in [0.15, 0.2) is 11.5 Å². The number of nitrogens with one attached hydrogen (secondary N) is 1. The van der Waals surface area contributed by atoms with Crippen LogP contribution in [0.5, 0.6) is 11.5 Å². The standard InChI is InChI=1S/C16H27NO2/c1-6-13(5)19-15-9-8-14(11-17-12(3)4)10-16(15)18-7-2/h8-10,12-13,17H,6-7,11H2,1-5H3. The van der Waals surface area contributed by atoms with E-state index in [0.717, 1.165) is 24.5 Å². The van der Waals surface area contributed by atoms with E-state index in [1.165, 1.54) is 5.56 Å². The molecule has 1 rings (SSSR count). The zero-order valence-corrected chi connectivity index (χ0v) is 12.8. The van der Waals surface area contributed by atoms with E-state index >= 15 is 0 Å². The van der Waals surface area contributed by atoms with Gasteiger partial charge in [0.25, 0.3) is 0 Å². The quantitative estimate of drug-likeness (QED) is 0.776. The Bertz CT molecular complexity index is 377. The van der Waals surface area contributed by atoms with Crippen LogP contribution in [0.2, 0.25) is 0 Å². The smallest absolute Gasteiger partial charge is 0.161 e. The van der Waals surface area contributed by atoms with E-state index in [2.05, 4.69) is 45.1 Å². The fourth-order valence-corrected chi connectivity index (χ4v) is 1.65. The molecular formula is C16H27NO2. The van der Waals surface area contributed by atoms with E-state index in [4.69, 9.17) is 9.47 Å². The molecule has 0 saturated carbocycles. The van der Waals surface area contributed by atoms with Crippen LogP contribution in [0.15, 0.2) is 18.2 Å². The summed E-state index contributed by atoms with van der Waals surface area (Å²) < 4.78 is 11.6. The Balaban J connectivity index is 2.81. The second-order valence-electron chi connectivity index (χ2n) is 5.09. The lowest BCUT2D eigenvalue weighted by atomic mass is 10.2. The maximum atomic E-state index is 5.88. The van der Waals surface area contributed by atoms with Crippen LogP contribution in [0, 0.1) is 0 Å². The summed E-state index contributed by atoms with van der Waals surface area (Å²) in [6, 6.07) is 6.65. The zero-order chi connectivity index (χ0) is 14.3. The largest absolute Gasteiger partial charge is 0.490 e. The molecule has 0 spiro atoms. The predicted molar refractivity (Wildman–Crippen MR) is 80.0 cm³/mol. The van der Waals surface area contributed by atoms with Crippen LogP contribution in [0.25, 0.3) is 0 Å². The molecule has 108 valence electrons. The van der Waals surface area contributed by atoms with Gasteiger partial charge in [0.2, 0.25) is 0 Å². The van der Waals surface area contributed by atoms with Gasteiger partial charge in [-0.15, -0.1) is 0 Å². The fourth-order valence-electron chi connectivity index (χ4n) is 1.65. The van der Waals surface area contributed by atoms with Crippen molar-refractivity contribution in [2.24, 2.45) is 0 Å². The van der Waals surface area contributed by atoms with Gasteiger partial charge in [-0.25, -0.2) is 0 Å². The van der Waals surface area contributed by atoms with Gasteiger partial charge >= 0.3 is 0 Å². The number of ether oxygens (including phenoxy) is 2. The third-order valence-electron chi connectivity index (χ3n) is 2.93. The maximum Gasteiger partial charge on any atom is 0.161 e. The van der Waals surface area contributed by atoms with Crippen LogP contribution in [0.3, 0.4) is 0 Å². The van der Waals surface area contributed by atoms with Gasteiger partial charge < -0.3 is 14.8 Å². The van der Waals surface area contributed by atoms with E-state index in [9.17, 15) is 0 Å². The number of benzene rings is 1. The summed E-state index contributed by atoms with van der Waals surface area (Å²) in [6.07, 6.45) is 1.20. The van der Waals surface area contributed by atoms with Crippen LogP contribution in [-0.2, 0) is 6.54 Å². The van der Waals surface area contributed by atoms with Gasteiger partial charge in [-0.3, -0.25) is 0 Å². The Morgan fingerprint density at radius 1 is 1.11 bits per heavy atom. The molecule has 3 nitrogen and oxygen atoms in total. The summed E-state index contributed by atoms with van der Waals surface area (Å²) in [7, 11) is 0. The summed E-state index contributed by atoms with van der Waals surface area (Å²) in [6.45, 7) is 12.0. The third kappa shape index (κ3) is 5.52. The van der Waals surface area contributed by atoms with E-state index < -0.39 is 0 Å². The summed E-state index contributed by atoms with van der Waals surface area (Å²) in [5, 5.41) is 3.41. The van der Waals surface area contributed by atoms with Crippen molar-refractivity contribution < 1.29 is 9.47 Å². The first-order chi connectivity index (χ1) is 9.06. The predicted octanol–water partition coefficient (Wildman–Crippen LogP) is 3.76. The Labute approximate surface area is 117 Å². The van der Waals surface area contributed by atoms with Crippen molar-refractivity contribution >= 4 is 0 Å². The van der Waals surface area contributed by atoms with Crippen LogP contribution < -0.4 is 14.8 Å². The van der Waals surface area contributed by atoms with E-state index in [1.807, 2.05) is 13.0 Å². The first-order valence-corrected chi connectivity index (χ1v) is 7.22. The van der Waals surface area contributed by atoms with E-state index in [1.54, 1.807) is 0 Å². The number of hydrogen-bond donors (Lipinski definition) is 1. The second kappa shape index (κ2) is 8.05. The Morgan fingerprint density at radius 3 is 2.42 bits per heavy atom. The Kier molecular flexibility index (Phi) is 6.71. The molecule has 0 bridgehead atoms. The lowest BCUT2D eigenvalue weighted by Gasteiger charge is -2.17. The summed E-state index contributed by atoms with van der Waals surface area (Å²) >= 11 is 0. The first-order valence-electron chi connectivity index (χ1n) is 7.22. The van der Waals surface area contributed by atoms with Crippen LogP contribution in [0.1, 0.15) is 46.6 Å². The fraction of sp³-hybridized carbons (Fsp3) is 0.625. The Hall–Kier alpha value is -1.22. The molecule has 1 aromatic rings. The molecule has 1 atom stereocenters. The normalized spacial score (nSPS) is 12.5. The molecule has 0 saturated heterocycles. The van der Waals surface area contributed by atoms with Gasteiger partial charge in [-0.2, -0.15) is 0 Å². The SMILES string of the molecule is CCOc1cc(CNC(C)C)ccc1OC(C)CC. The van der Waals surface area contributed by atoms with Crippen molar-refractivity contribution in [1.29, 1.82) is 0 Å². The highest BCUT2D eigenvalue weighted by molar-refractivity contribution is 5.43. The molecule has 0 radical (unpaired) electrons. The number of rotatable bonds is 8. The van der Waals surface area contributed by atoms with E-state index in [-0.39, 0.29) is 6.10 Å². The molecule has 0 fully saturated rings. The monoisotopic (exact) mass is 265 g/mol. The van der Waals surface area contributed by atoms with Gasteiger partial charge in [0, 0.05) is 12.6 Å². The van der Waals surface area contributed by atoms with E-state index in [0.29, 0.717) is 12.6 Å². The minimum atomic E-state index is 0.207. The summed E-state index contributed by atoms with van der Waals surface area (Å²) in [4.78, 5) is 0. The minimum Gasteiger partial charge on any atom is -0.490 e. The lowest BCUT2D eigenvalue weighted by Crippen LogP contribution is -2.21. The molecule has 19 heavy (non-hydrogen) atoms. The molecule has 0 amide bonds. The maximum absolute atomic E-state index is 5.88. The third-order valence-corrected chi connectivity index (χ3v) is 2.93. The van der Waals surface area contributed by atoms with Crippen molar-refractivity contribution in [3.05, 3.63) is 23.8 Å². The second-order valence-corrected chi connectivity index (χ2v) is 5.09. The molecule has 3 heteroatoms. The summed E-state index contributed by atoms with van der Waals surface area (Å²) in [5.41, 5.74) is 1.22. The molecule has 1 aromatic carbocycles. The van der Waals surface area contributed by atoms with Crippen LogP contribution >= 0.6 is 0 Å². The van der Waals surface area contributed by atoms with Crippen LogP contribution in [-0.4, -0.2) is 18.8 Å². The van der Waals surface area contributed by atoms with Crippen molar-refractivity contribution in [2.45, 2.75) is 59.7 Å². The highest BCUT2D eigenvalue weighted by Crippen LogP contribution is 2.29. The van der Waals surface area contributed by atoms with Gasteiger partial charge in [-0.05, 0) is 38.0 Å². The Morgan fingerprint density at radius 2 is 1.84 bits per heavy atom. The molecule has 0 heterocycles. The van der Waals surface area contributed by atoms with Crippen molar-refractivity contribution in [1.82, 2.24) is 5.32 Å². The lowest BCUT2D eigenvalue weighted by molar-refractivity contribution is 0.203. The molecular weight excluding hydrogens is 238 g/mol. The summed E-state index contributed by atoms with van der Waals surface area (Å²) in [5.74, 6) is 1.68. The van der Waals surface area contributed by atoms with Crippen molar-refractivity contribution in [2.75, 3.05) is 6.61 Å². The topological polar surface area (TPSA) is 30.5 Å².